The van der Waals surface area contributed by atoms with E-state index in [2.05, 4.69) is 28.8 Å². The van der Waals surface area contributed by atoms with Gasteiger partial charge in [0, 0.05) is 31.7 Å². The van der Waals surface area contributed by atoms with Crippen molar-refractivity contribution in [1.82, 2.24) is 9.62 Å². The lowest BCUT2D eigenvalue weighted by molar-refractivity contribution is -0.114. The molecule has 0 fully saturated rings. The highest BCUT2D eigenvalue weighted by Gasteiger charge is 2.18. The van der Waals surface area contributed by atoms with Crippen molar-refractivity contribution in [2.75, 3.05) is 25.5 Å². The largest absolute Gasteiger partial charge is 0.326 e. The van der Waals surface area contributed by atoms with Gasteiger partial charge in [-0.25, -0.2) is 13.1 Å². The molecule has 1 amide bonds. The molecule has 0 saturated heterocycles. The number of hydrogen-bond donors (Lipinski definition) is 2. The zero-order valence-electron chi connectivity index (χ0n) is 14.5. The molecule has 0 bridgehead atoms. The number of sulfonamides is 1. The minimum atomic E-state index is -3.61. The maximum Gasteiger partial charge on any atom is 0.240 e. The Kier molecular flexibility index (Phi) is 7.18. The summed E-state index contributed by atoms with van der Waals surface area (Å²) in [4.78, 5) is 13.4. The average Bonchev–Trinajstić information content (AvgIpc) is 2.47. The Bertz CT molecular complexity index is 644. The molecule has 23 heavy (non-hydrogen) atoms. The third kappa shape index (κ3) is 5.93. The van der Waals surface area contributed by atoms with Crippen LogP contribution >= 0.6 is 0 Å². The number of nitrogens with zero attached hydrogens (tertiary/aromatic N) is 1. The molecule has 0 aliphatic heterocycles. The zero-order valence-corrected chi connectivity index (χ0v) is 15.3. The van der Waals surface area contributed by atoms with Gasteiger partial charge in [-0.05, 0) is 45.0 Å². The van der Waals surface area contributed by atoms with E-state index < -0.39 is 10.0 Å². The molecule has 0 aromatic heterocycles. The third-order valence-electron chi connectivity index (χ3n) is 3.90. The summed E-state index contributed by atoms with van der Waals surface area (Å²) in [6, 6.07) is 5.26. The van der Waals surface area contributed by atoms with Crippen LogP contribution in [-0.2, 0) is 14.8 Å². The molecular formula is C16H27N3O3S. The monoisotopic (exact) mass is 341 g/mol. The van der Waals surface area contributed by atoms with E-state index in [4.69, 9.17) is 0 Å². The van der Waals surface area contributed by atoms with Crippen molar-refractivity contribution in [3.63, 3.8) is 0 Å². The second-order valence-corrected chi connectivity index (χ2v) is 7.53. The fourth-order valence-electron chi connectivity index (χ4n) is 2.14. The van der Waals surface area contributed by atoms with Gasteiger partial charge in [0.25, 0.3) is 0 Å². The Morgan fingerprint density at radius 2 is 2.00 bits per heavy atom. The van der Waals surface area contributed by atoms with E-state index in [1.807, 2.05) is 7.05 Å². The molecule has 7 heteroatoms. The first kappa shape index (κ1) is 19.6. The van der Waals surface area contributed by atoms with Crippen molar-refractivity contribution in [2.45, 2.75) is 45.1 Å². The fraction of sp³-hybridized carbons (Fsp3) is 0.562. The van der Waals surface area contributed by atoms with Gasteiger partial charge in [0.2, 0.25) is 15.9 Å². The van der Waals surface area contributed by atoms with Crippen molar-refractivity contribution >= 4 is 21.6 Å². The van der Waals surface area contributed by atoms with Crippen LogP contribution in [0, 0.1) is 6.92 Å². The Hall–Kier alpha value is -1.44. The van der Waals surface area contributed by atoms with E-state index >= 15 is 0 Å². The van der Waals surface area contributed by atoms with E-state index in [-0.39, 0.29) is 10.8 Å². The fourth-order valence-corrected chi connectivity index (χ4v) is 3.43. The second kappa shape index (κ2) is 8.42. The van der Waals surface area contributed by atoms with Crippen molar-refractivity contribution in [2.24, 2.45) is 0 Å². The number of anilines is 1. The number of benzene rings is 1. The van der Waals surface area contributed by atoms with Gasteiger partial charge in [-0.3, -0.25) is 4.79 Å². The lowest BCUT2D eigenvalue weighted by atomic mass is 10.2. The van der Waals surface area contributed by atoms with E-state index in [1.54, 1.807) is 19.1 Å². The number of rotatable bonds is 8. The molecule has 0 aliphatic carbocycles. The van der Waals surface area contributed by atoms with Crippen molar-refractivity contribution < 1.29 is 13.2 Å². The molecule has 1 rings (SSSR count). The van der Waals surface area contributed by atoms with Crippen LogP contribution in [0.25, 0.3) is 0 Å². The molecule has 0 aliphatic rings. The summed E-state index contributed by atoms with van der Waals surface area (Å²) in [6.45, 7) is 8.30. The third-order valence-corrected chi connectivity index (χ3v) is 5.50. The van der Waals surface area contributed by atoms with Gasteiger partial charge in [0.1, 0.15) is 0 Å². The SMILES string of the molecule is CCC(C)N(C)CCNS(=O)(=O)c1cc(NC(C)=O)ccc1C. The number of carbonyl (C=O) groups is 1. The molecule has 0 radical (unpaired) electrons. The van der Waals surface area contributed by atoms with Crippen molar-refractivity contribution in [3.8, 4) is 0 Å². The molecule has 1 aromatic carbocycles. The number of likely N-dealkylation sites (N-methyl/N-ethyl adjacent to an activating group) is 1. The summed E-state index contributed by atoms with van der Waals surface area (Å²) in [7, 11) is -1.63. The molecule has 1 unspecified atom stereocenters. The maximum atomic E-state index is 12.5. The topological polar surface area (TPSA) is 78.5 Å². The Morgan fingerprint density at radius 3 is 2.57 bits per heavy atom. The highest BCUT2D eigenvalue weighted by molar-refractivity contribution is 7.89. The van der Waals surface area contributed by atoms with Gasteiger partial charge >= 0.3 is 0 Å². The summed E-state index contributed by atoms with van der Waals surface area (Å²) >= 11 is 0. The van der Waals surface area contributed by atoms with Crippen LogP contribution in [0.4, 0.5) is 5.69 Å². The standard InChI is InChI=1S/C16H27N3O3S/c1-6-13(3)19(5)10-9-17-23(21,22)16-11-15(18-14(4)20)8-7-12(16)2/h7-8,11,13,17H,6,9-10H2,1-5H3,(H,18,20). The highest BCUT2D eigenvalue weighted by atomic mass is 32.2. The van der Waals surface area contributed by atoms with E-state index in [9.17, 15) is 13.2 Å². The van der Waals surface area contributed by atoms with Crippen LogP contribution in [0.5, 0.6) is 0 Å². The molecule has 1 aromatic rings. The van der Waals surface area contributed by atoms with Gasteiger partial charge in [-0.2, -0.15) is 0 Å². The summed E-state index contributed by atoms with van der Waals surface area (Å²) in [6.07, 6.45) is 1.01. The van der Waals surface area contributed by atoms with Crippen LogP contribution in [0.3, 0.4) is 0 Å². The Labute approximate surface area is 139 Å². The van der Waals surface area contributed by atoms with Crippen molar-refractivity contribution in [1.29, 1.82) is 0 Å². The van der Waals surface area contributed by atoms with Crippen LogP contribution in [-0.4, -0.2) is 45.4 Å². The first-order chi connectivity index (χ1) is 10.7. The van der Waals surface area contributed by atoms with E-state index in [0.717, 1.165) is 6.42 Å². The predicted octanol–water partition coefficient (Wildman–Crippen LogP) is 1.96. The first-order valence-corrected chi connectivity index (χ1v) is 9.23. The van der Waals surface area contributed by atoms with Gasteiger partial charge in [0.05, 0.1) is 4.90 Å². The lowest BCUT2D eigenvalue weighted by Crippen LogP contribution is -2.37. The minimum absolute atomic E-state index is 0.190. The molecule has 2 N–H and O–H groups in total. The van der Waals surface area contributed by atoms with Crippen LogP contribution < -0.4 is 10.0 Å². The Balaban J connectivity index is 2.81. The normalized spacial score (nSPS) is 13.1. The van der Waals surface area contributed by atoms with E-state index in [0.29, 0.717) is 30.4 Å². The molecule has 6 nitrogen and oxygen atoms in total. The van der Waals surface area contributed by atoms with Gasteiger partial charge in [0.15, 0.2) is 0 Å². The average molecular weight is 341 g/mol. The maximum absolute atomic E-state index is 12.5. The summed E-state index contributed by atoms with van der Waals surface area (Å²) in [5.74, 6) is -0.236. The minimum Gasteiger partial charge on any atom is -0.326 e. The summed E-state index contributed by atoms with van der Waals surface area (Å²) in [5.41, 5.74) is 1.11. The van der Waals surface area contributed by atoms with Crippen LogP contribution in [0.15, 0.2) is 23.1 Å². The molecule has 130 valence electrons. The first-order valence-electron chi connectivity index (χ1n) is 7.75. The van der Waals surface area contributed by atoms with Crippen LogP contribution in [0.1, 0.15) is 32.8 Å². The van der Waals surface area contributed by atoms with Crippen molar-refractivity contribution in [3.05, 3.63) is 23.8 Å². The van der Waals surface area contributed by atoms with Gasteiger partial charge in [-0.1, -0.05) is 13.0 Å². The van der Waals surface area contributed by atoms with E-state index in [1.165, 1.54) is 13.0 Å². The summed E-state index contributed by atoms with van der Waals surface area (Å²) < 4.78 is 27.6. The number of amides is 1. The number of hydrogen-bond acceptors (Lipinski definition) is 4. The van der Waals surface area contributed by atoms with Crippen LogP contribution in [0.2, 0.25) is 0 Å². The zero-order chi connectivity index (χ0) is 17.6. The number of nitrogens with one attached hydrogen (secondary N) is 2. The summed E-state index contributed by atoms with van der Waals surface area (Å²) in [5, 5.41) is 2.60. The van der Waals surface area contributed by atoms with Gasteiger partial charge in [-0.15, -0.1) is 0 Å². The molecular weight excluding hydrogens is 314 g/mol. The number of carbonyl (C=O) groups excluding carboxylic acids is 1. The second-order valence-electron chi connectivity index (χ2n) is 5.80. The predicted molar refractivity (Wildman–Crippen MR) is 93.1 cm³/mol. The smallest absolute Gasteiger partial charge is 0.240 e. The molecule has 1 atom stereocenters. The lowest BCUT2D eigenvalue weighted by Gasteiger charge is -2.23. The molecule has 0 saturated carbocycles. The Morgan fingerprint density at radius 1 is 1.35 bits per heavy atom. The molecule has 0 heterocycles. The number of aryl methyl sites for hydroxylation is 1. The quantitative estimate of drug-likeness (QED) is 0.758. The van der Waals surface area contributed by atoms with Gasteiger partial charge < -0.3 is 10.2 Å². The molecule has 0 spiro atoms. The highest BCUT2D eigenvalue weighted by Crippen LogP contribution is 2.20.